The topological polar surface area (TPSA) is 138 Å². The number of carbonyl (C=O) groups excluding carboxylic acids is 1. The Hall–Kier alpha value is -3.19. The SMILES string of the molecule is CC(CO)CCc1c(O)cc(CCCCCC=CCCCCCCCC(=O)c2c(O)cc(O)cc2O)cc1O. The molecule has 0 aliphatic carbocycles. The molecule has 1 unspecified atom stereocenters. The minimum Gasteiger partial charge on any atom is -0.508 e. The van der Waals surface area contributed by atoms with Crippen LogP contribution in [0.1, 0.15) is 105 Å². The van der Waals surface area contributed by atoms with Crippen molar-refractivity contribution in [2.75, 3.05) is 6.61 Å². The van der Waals surface area contributed by atoms with Crippen LogP contribution in [0.3, 0.4) is 0 Å². The van der Waals surface area contributed by atoms with Crippen molar-refractivity contribution in [3.8, 4) is 28.7 Å². The number of benzene rings is 2. The van der Waals surface area contributed by atoms with E-state index in [-0.39, 0.29) is 47.5 Å². The average molecular weight is 543 g/mol. The van der Waals surface area contributed by atoms with Gasteiger partial charge in [0.1, 0.15) is 34.3 Å². The molecule has 0 amide bonds. The second-order valence-electron chi connectivity index (χ2n) is 10.6. The van der Waals surface area contributed by atoms with Gasteiger partial charge in [0, 0.05) is 30.7 Å². The monoisotopic (exact) mass is 542 g/mol. The highest BCUT2D eigenvalue weighted by molar-refractivity contribution is 6.01. The van der Waals surface area contributed by atoms with E-state index in [0.717, 1.165) is 88.3 Å². The zero-order valence-corrected chi connectivity index (χ0v) is 23.2. The summed E-state index contributed by atoms with van der Waals surface area (Å²) in [6.07, 6.45) is 16.9. The van der Waals surface area contributed by atoms with Gasteiger partial charge < -0.3 is 30.6 Å². The summed E-state index contributed by atoms with van der Waals surface area (Å²) in [7, 11) is 0. The molecular weight excluding hydrogens is 496 g/mol. The van der Waals surface area contributed by atoms with Crippen LogP contribution in [0, 0.1) is 5.92 Å². The van der Waals surface area contributed by atoms with Crippen molar-refractivity contribution in [2.45, 2.75) is 96.8 Å². The van der Waals surface area contributed by atoms with Gasteiger partial charge in [-0.2, -0.15) is 0 Å². The van der Waals surface area contributed by atoms with Crippen molar-refractivity contribution in [2.24, 2.45) is 5.92 Å². The maximum Gasteiger partial charge on any atom is 0.170 e. The van der Waals surface area contributed by atoms with Crippen molar-refractivity contribution < 1.29 is 35.4 Å². The minimum atomic E-state index is -0.393. The van der Waals surface area contributed by atoms with Crippen molar-refractivity contribution in [1.82, 2.24) is 0 Å². The average Bonchev–Trinajstić information content (AvgIpc) is 2.87. The number of Topliss-reactive ketones (excluding diaryl/α,β-unsaturated/α-hetero) is 1. The van der Waals surface area contributed by atoms with Gasteiger partial charge in [-0.05, 0) is 81.4 Å². The first-order valence-corrected chi connectivity index (χ1v) is 14.3. The fraction of sp³-hybridized carbons (Fsp3) is 0.531. The van der Waals surface area contributed by atoms with Crippen LogP contribution in [0.4, 0.5) is 0 Å². The van der Waals surface area contributed by atoms with Crippen molar-refractivity contribution in [3.05, 3.63) is 53.1 Å². The van der Waals surface area contributed by atoms with Gasteiger partial charge in [-0.25, -0.2) is 0 Å². The number of aliphatic hydroxyl groups is 1. The van der Waals surface area contributed by atoms with Gasteiger partial charge in [-0.3, -0.25) is 4.79 Å². The van der Waals surface area contributed by atoms with Crippen LogP contribution in [0.5, 0.6) is 28.7 Å². The molecule has 6 N–H and O–H groups in total. The number of allylic oxidation sites excluding steroid dienone is 2. The molecule has 7 heteroatoms. The third-order valence-corrected chi connectivity index (χ3v) is 7.10. The molecule has 0 spiro atoms. The number of ketones is 1. The molecule has 0 aliphatic rings. The Balaban J connectivity index is 1.49. The van der Waals surface area contributed by atoms with Crippen molar-refractivity contribution >= 4 is 5.78 Å². The standard InChI is InChI=1S/C32H46O7/c1-23(22-33)16-17-26-28(36)18-24(19-29(26)37)14-12-10-8-6-4-2-3-5-7-9-11-13-15-27(35)32-30(38)20-25(34)21-31(32)39/h2,4,18-21,23,33-34,36-39H,3,5-17,22H2,1H3. The predicted octanol–water partition coefficient (Wildman–Crippen LogP) is 7.05. The first kappa shape index (κ1) is 32.0. The first-order chi connectivity index (χ1) is 18.7. The zero-order valence-electron chi connectivity index (χ0n) is 23.2. The van der Waals surface area contributed by atoms with E-state index in [1.54, 1.807) is 12.1 Å². The van der Waals surface area contributed by atoms with Crippen LogP contribution in [0.25, 0.3) is 0 Å². The fourth-order valence-corrected chi connectivity index (χ4v) is 4.67. The molecule has 2 rings (SSSR count). The number of hydrogen-bond acceptors (Lipinski definition) is 7. The lowest BCUT2D eigenvalue weighted by atomic mass is 9.97. The number of hydrogen-bond donors (Lipinski definition) is 6. The van der Waals surface area contributed by atoms with E-state index in [0.29, 0.717) is 18.4 Å². The summed E-state index contributed by atoms with van der Waals surface area (Å²) in [6, 6.07) is 5.62. The number of phenolic OH excluding ortho intramolecular Hbond substituents is 5. The minimum absolute atomic E-state index is 0.102. The first-order valence-electron chi connectivity index (χ1n) is 14.3. The summed E-state index contributed by atoms with van der Waals surface area (Å²) in [5.74, 6) is -0.964. The lowest BCUT2D eigenvalue weighted by Gasteiger charge is -2.12. The van der Waals surface area contributed by atoms with E-state index in [1.807, 2.05) is 6.92 Å². The van der Waals surface area contributed by atoms with E-state index in [2.05, 4.69) is 12.2 Å². The summed E-state index contributed by atoms with van der Waals surface area (Å²) in [5, 5.41) is 58.6. The Bertz CT molecular complexity index is 1010. The van der Waals surface area contributed by atoms with Crippen LogP contribution < -0.4 is 0 Å². The Morgan fingerprint density at radius 2 is 1.26 bits per heavy atom. The molecule has 0 aromatic heterocycles. The third-order valence-electron chi connectivity index (χ3n) is 7.10. The normalized spacial score (nSPS) is 12.3. The number of carbonyl (C=O) groups is 1. The molecule has 39 heavy (non-hydrogen) atoms. The van der Waals surface area contributed by atoms with Gasteiger partial charge in [0.05, 0.1) is 0 Å². The van der Waals surface area contributed by atoms with Crippen LogP contribution in [-0.4, -0.2) is 43.0 Å². The van der Waals surface area contributed by atoms with Gasteiger partial charge >= 0.3 is 0 Å². The van der Waals surface area contributed by atoms with Gasteiger partial charge in [0.2, 0.25) is 0 Å². The summed E-state index contributed by atoms with van der Waals surface area (Å²) >= 11 is 0. The molecule has 2 aromatic rings. The van der Waals surface area contributed by atoms with E-state index in [1.165, 1.54) is 0 Å². The number of aromatic hydroxyl groups is 5. The summed E-state index contributed by atoms with van der Waals surface area (Å²) in [4.78, 5) is 12.2. The number of unbranched alkanes of at least 4 members (excludes halogenated alkanes) is 8. The number of aryl methyl sites for hydroxylation is 1. The van der Waals surface area contributed by atoms with E-state index in [4.69, 9.17) is 5.11 Å². The maximum atomic E-state index is 12.2. The molecular formula is C32H46O7. The van der Waals surface area contributed by atoms with E-state index < -0.39 is 11.5 Å². The Morgan fingerprint density at radius 1 is 0.718 bits per heavy atom. The predicted molar refractivity (Wildman–Crippen MR) is 154 cm³/mol. The highest BCUT2D eigenvalue weighted by Crippen LogP contribution is 2.33. The number of aliphatic hydroxyl groups excluding tert-OH is 1. The van der Waals surface area contributed by atoms with Crippen molar-refractivity contribution in [1.29, 1.82) is 0 Å². The molecule has 0 aliphatic heterocycles. The molecule has 216 valence electrons. The molecule has 0 fully saturated rings. The lowest BCUT2D eigenvalue weighted by Crippen LogP contribution is -2.02. The van der Waals surface area contributed by atoms with Crippen LogP contribution in [-0.2, 0) is 12.8 Å². The smallest absolute Gasteiger partial charge is 0.170 e. The Kier molecular flexibility index (Phi) is 14.3. The molecule has 7 nitrogen and oxygen atoms in total. The number of rotatable bonds is 19. The summed E-state index contributed by atoms with van der Waals surface area (Å²) in [5.41, 5.74) is 1.39. The maximum absolute atomic E-state index is 12.2. The third kappa shape index (κ3) is 11.6. The van der Waals surface area contributed by atoms with Crippen LogP contribution >= 0.6 is 0 Å². The largest absolute Gasteiger partial charge is 0.508 e. The molecule has 1 atom stereocenters. The highest BCUT2D eigenvalue weighted by atomic mass is 16.3. The van der Waals surface area contributed by atoms with Crippen LogP contribution in [0.2, 0.25) is 0 Å². The second-order valence-corrected chi connectivity index (χ2v) is 10.6. The van der Waals surface area contributed by atoms with Gasteiger partial charge in [0.25, 0.3) is 0 Å². The Labute approximate surface area is 232 Å². The highest BCUT2D eigenvalue weighted by Gasteiger charge is 2.17. The van der Waals surface area contributed by atoms with Gasteiger partial charge in [-0.15, -0.1) is 0 Å². The van der Waals surface area contributed by atoms with Gasteiger partial charge in [0.15, 0.2) is 5.78 Å². The molecule has 0 radical (unpaired) electrons. The van der Waals surface area contributed by atoms with Crippen molar-refractivity contribution in [3.63, 3.8) is 0 Å². The number of phenols is 5. The second kappa shape index (κ2) is 17.4. The molecule has 0 bridgehead atoms. The van der Waals surface area contributed by atoms with E-state index in [9.17, 15) is 30.3 Å². The Morgan fingerprint density at radius 3 is 1.85 bits per heavy atom. The quantitative estimate of drug-likeness (QED) is 0.0635. The van der Waals surface area contributed by atoms with Crippen LogP contribution in [0.15, 0.2) is 36.4 Å². The molecule has 0 saturated heterocycles. The van der Waals surface area contributed by atoms with Gasteiger partial charge in [-0.1, -0.05) is 44.8 Å². The molecule has 2 aromatic carbocycles. The fourth-order valence-electron chi connectivity index (χ4n) is 4.67. The summed E-state index contributed by atoms with van der Waals surface area (Å²) < 4.78 is 0. The summed E-state index contributed by atoms with van der Waals surface area (Å²) in [6.45, 7) is 2.04. The molecule has 0 saturated carbocycles. The zero-order chi connectivity index (χ0) is 28.6. The van der Waals surface area contributed by atoms with E-state index >= 15 is 0 Å². The lowest BCUT2D eigenvalue weighted by molar-refractivity contribution is 0.0973. The molecule has 0 heterocycles.